The monoisotopic (exact) mass is 449 g/mol. The smallest absolute Gasteiger partial charge is 0.269 e. The SMILES string of the molecule is Cc1ccc(SC(C)C(=O)N2CCN(S(=O)(=O)c3ccc([N+](=O)[O-])cc3)CC2)cc1. The van der Waals surface area contributed by atoms with Gasteiger partial charge in [-0.05, 0) is 38.1 Å². The molecule has 160 valence electrons. The summed E-state index contributed by atoms with van der Waals surface area (Å²) in [7, 11) is -3.76. The van der Waals surface area contributed by atoms with Crippen molar-refractivity contribution in [1.29, 1.82) is 0 Å². The van der Waals surface area contributed by atoms with Crippen molar-refractivity contribution < 1.29 is 18.1 Å². The van der Waals surface area contributed by atoms with Gasteiger partial charge in [0.1, 0.15) is 0 Å². The lowest BCUT2D eigenvalue weighted by Gasteiger charge is -2.35. The zero-order valence-corrected chi connectivity index (χ0v) is 18.4. The van der Waals surface area contributed by atoms with Crippen LogP contribution in [0.1, 0.15) is 12.5 Å². The molecule has 0 radical (unpaired) electrons. The summed E-state index contributed by atoms with van der Waals surface area (Å²) in [6, 6.07) is 12.8. The highest BCUT2D eigenvalue weighted by Gasteiger charge is 2.32. The molecule has 1 amide bonds. The van der Waals surface area contributed by atoms with Crippen LogP contribution >= 0.6 is 11.8 Å². The van der Waals surface area contributed by atoms with Crippen molar-refractivity contribution in [2.75, 3.05) is 26.2 Å². The summed E-state index contributed by atoms with van der Waals surface area (Å²) in [5, 5.41) is 10.5. The Bertz CT molecular complexity index is 1020. The van der Waals surface area contributed by atoms with E-state index < -0.39 is 14.9 Å². The maximum atomic E-state index is 12.8. The van der Waals surface area contributed by atoms with Crippen LogP contribution in [0.3, 0.4) is 0 Å². The Hall–Kier alpha value is -2.43. The van der Waals surface area contributed by atoms with Crippen LogP contribution in [0.25, 0.3) is 0 Å². The zero-order valence-electron chi connectivity index (χ0n) is 16.7. The number of sulfonamides is 1. The minimum Gasteiger partial charge on any atom is -0.339 e. The number of carbonyl (C=O) groups excluding carboxylic acids is 1. The summed E-state index contributed by atoms with van der Waals surface area (Å²) in [5.41, 5.74) is 0.994. The molecule has 0 aromatic heterocycles. The van der Waals surface area contributed by atoms with Crippen LogP contribution in [0.15, 0.2) is 58.3 Å². The highest BCUT2D eigenvalue weighted by molar-refractivity contribution is 8.00. The van der Waals surface area contributed by atoms with Gasteiger partial charge in [-0.2, -0.15) is 4.31 Å². The number of amides is 1. The second-order valence-electron chi connectivity index (χ2n) is 7.05. The second kappa shape index (κ2) is 9.15. The molecule has 0 N–H and O–H groups in total. The molecule has 2 aromatic carbocycles. The third-order valence-electron chi connectivity index (χ3n) is 4.92. The van der Waals surface area contributed by atoms with Gasteiger partial charge in [-0.1, -0.05) is 17.7 Å². The first-order valence-corrected chi connectivity index (χ1v) is 11.8. The number of nitro benzene ring substituents is 1. The summed E-state index contributed by atoms with van der Waals surface area (Å²) in [6.45, 7) is 4.85. The number of rotatable bonds is 6. The van der Waals surface area contributed by atoms with Crippen molar-refractivity contribution in [3.05, 3.63) is 64.2 Å². The normalized spacial score (nSPS) is 16.3. The van der Waals surface area contributed by atoms with E-state index in [2.05, 4.69) is 0 Å². The van der Waals surface area contributed by atoms with Crippen LogP contribution in [-0.4, -0.2) is 59.9 Å². The first-order valence-electron chi connectivity index (χ1n) is 9.45. The van der Waals surface area contributed by atoms with Gasteiger partial charge in [0, 0.05) is 43.2 Å². The van der Waals surface area contributed by atoms with E-state index in [0.717, 1.165) is 10.5 Å². The van der Waals surface area contributed by atoms with Crippen LogP contribution in [0.4, 0.5) is 5.69 Å². The van der Waals surface area contributed by atoms with Crippen LogP contribution in [0.2, 0.25) is 0 Å². The lowest BCUT2D eigenvalue weighted by atomic mass is 10.2. The number of nitro groups is 1. The fourth-order valence-electron chi connectivity index (χ4n) is 3.17. The minimum atomic E-state index is -3.76. The van der Waals surface area contributed by atoms with Gasteiger partial charge in [0.15, 0.2) is 0 Å². The fourth-order valence-corrected chi connectivity index (χ4v) is 5.54. The van der Waals surface area contributed by atoms with E-state index in [1.54, 1.807) is 4.90 Å². The second-order valence-corrected chi connectivity index (χ2v) is 10.4. The summed E-state index contributed by atoms with van der Waals surface area (Å²) in [4.78, 5) is 25.7. The number of carbonyl (C=O) groups is 1. The number of hydrogen-bond donors (Lipinski definition) is 0. The number of thioether (sulfide) groups is 1. The van der Waals surface area contributed by atoms with Gasteiger partial charge in [0.25, 0.3) is 5.69 Å². The molecule has 1 fully saturated rings. The van der Waals surface area contributed by atoms with E-state index in [1.807, 2.05) is 38.1 Å². The minimum absolute atomic E-state index is 0.0103. The molecule has 0 aliphatic carbocycles. The molecular formula is C20H23N3O5S2. The van der Waals surface area contributed by atoms with Crippen LogP contribution in [0.5, 0.6) is 0 Å². The predicted octanol–water partition coefficient (Wildman–Crippen LogP) is 2.92. The van der Waals surface area contributed by atoms with Gasteiger partial charge in [-0.15, -0.1) is 11.8 Å². The number of non-ortho nitro benzene ring substituents is 1. The van der Waals surface area contributed by atoms with Crippen LogP contribution < -0.4 is 0 Å². The van der Waals surface area contributed by atoms with E-state index in [1.165, 1.54) is 40.3 Å². The first-order chi connectivity index (χ1) is 14.2. The lowest BCUT2D eigenvalue weighted by Crippen LogP contribution is -2.52. The van der Waals surface area contributed by atoms with Crippen molar-refractivity contribution in [1.82, 2.24) is 9.21 Å². The number of piperazine rings is 1. The molecule has 30 heavy (non-hydrogen) atoms. The molecule has 8 nitrogen and oxygen atoms in total. The fraction of sp³-hybridized carbons (Fsp3) is 0.350. The Kier molecular flexibility index (Phi) is 6.79. The Morgan fingerprint density at radius 2 is 1.60 bits per heavy atom. The van der Waals surface area contributed by atoms with E-state index in [0.29, 0.717) is 13.1 Å². The molecule has 1 heterocycles. The number of benzene rings is 2. The van der Waals surface area contributed by atoms with Gasteiger partial charge < -0.3 is 4.90 Å². The average molecular weight is 450 g/mol. The molecule has 0 spiro atoms. The zero-order chi connectivity index (χ0) is 21.9. The Balaban J connectivity index is 1.59. The van der Waals surface area contributed by atoms with Gasteiger partial charge in [-0.25, -0.2) is 8.42 Å². The van der Waals surface area contributed by atoms with Crippen molar-refractivity contribution in [2.24, 2.45) is 0 Å². The lowest BCUT2D eigenvalue weighted by molar-refractivity contribution is -0.384. The van der Waals surface area contributed by atoms with Crippen molar-refractivity contribution >= 4 is 33.4 Å². The average Bonchev–Trinajstić information content (AvgIpc) is 2.75. The quantitative estimate of drug-likeness (QED) is 0.382. The molecule has 0 bridgehead atoms. The third kappa shape index (κ3) is 5.00. The molecular weight excluding hydrogens is 426 g/mol. The number of hydrogen-bond acceptors (Lipinski definition) is 6. The first kappa shape index (κ1) is 22.3. The predicted molar refractivity (Wildman–Crippen MR) is 115 cm³/mol. The highest BCUT2D eigenvalue weighted by Crippen LogP contribution is 2.26. The third-order valence-corrected chi connectivity index (χ3v) is 7.93. The Labute approximate surface area is 180 Å². The number of aryl methyl sites for hydroxylation is 1. The topological polar surface area (TPSA) is 101 Å². The molecule has 1 saturated heterocycles. The van der Waals surface area contributed by atoms with Crippen LogP contribution in [-0.2, 0) is 14.8 Å². The van der Waals surface area contributed by atoms with Gasteiger partial charge in [-0.3, -0.25) is 14.9 Å². The Morgan fingerprint density at radius 3 is 2.13 bits per heavy atom. The largest absolute Gasteiger partial charge is 0.339 e. The van der Waals surface area contributed by atoms with Gasteiger partial charge >= 0.3 is 0 Å². The van der Waals surface area contributed by atoms with E-state index >= 15 is 0 Å². The molecule has 3 rings (SSSR count). The van der Waals surface area contributed by atoms with Crippen molar-refractivity contribution in [3.8, 4) is 0 Å². The summed E-state index contributed by atoms with van der Waals surface area (Å²) < 4.78 is 26.9. The molecule has 2 aromatic rings. The Morgan fingerprint density at radius 1 is 1.03 bits per heavy atom. The van der Waals surface area contributed by atoms with E-state index in [4.69, 9.17) is 0 Å². The van der Waals surface area contributed by atoms with Gasteiger partial charge in [0.05, 0.1) is 15.1 Å². The maximum absolute atomic E-state index is 12.8. The highest BCUT2D eigenvalue weighted by atomic mass is 32.2. The van der Waals surface area contributed by atoms with Gasteiger partial charge in [0.2, 0.25) is 15.9 Å². The molecule has 0 saturated carbocycles. The molecule has 1 aliphatic heterocycles. The summed E-state index contributed by atoms with van der Waals surface area (Å²) in [6.07, 6.45) is 0. The van der Waals surface area contributed by atoms with Crippen molar-refractivity contribution in [2.45, 2.75) is 28.9 Å². The summed E-state index contributed by atoms with van der Waals surface area (Å²) in [5.74, 6) is -0.0204. The summed E-state index contributed by atoms with van der Waals surface area (Å²) >= 11 is 1.48. The molecule has 1 atom stereocenters. The molecule has 10 heteroatoms. The molecule has 1 unspecified atom stereocenters. The van der Waals surface area contributed by atoms with E-state index in [-0.39, 0.29) is 34.8 Å². The standard InChI is InChI=1S/C20H23N3O5S2/c1-15-3-7-18(8-4-15)29-16(2)20(24)21-11-13-22(14-12-21)30(27,28)19-9-5-17(6-10-19)23(25)26/h3-10,16H,11-14H2,1-2H3. The maximum Gasteiger partial charge on any atom is 0.269 e. The molecule has 1 aliphatic rings. The van der Waals surface area contributed by atoms with E-state index in [9.17, 15) is 23.3 Å². The number of nitrogens with zero attached hydrogens (tertiary/aromatic N) is 3. The van der Waals surface area contributed by atoms with Crippen molar-refractivity contribution in [3.63, 3.8) is 0 Å². The van der Waals surface area contributed by atoms with Crippen LogP contribution in [0, 0.1) is 17.0 Å².